The number of hydrogen-bond donors (Lipinski definition) is 1. The first-order valence-electron chi connectivity index (χ1n) is 5.57. The maximum Gasteiger partial charge on any atom is 0.141 e. The van der Waals surface area contributed by atoms with Crippen LogP contribution in [0.4, 0.5) is 4.39 Å². The van der Waals surface area contributed by atoms with Crippen molar-refractivity contribution in [1.82, 2.24) is 20.1 Å². The van der Waals surface area contributed by atoms with Crippen molar-refractivity contribution in [3.8, 4) is 0 Å². The van der Waals surface area contributed by atoms with Crippen LogP contribution < -0.4 is 5.32 Å². The van der Waals surface area contributed by atoms with Crippen molar-refractivity contribution in [3.05, 3.63) is 48.3 Å². The molecular formula is C12H15FN4. The van der Waals surface area contributed by atoms with Crippen LogP contribution >= 0.6 is 0 Å². The highest BCUT2D eigenvalue weighted by molar-refractivity contribution is 5.14. The lowest BCUT2D eigenvalue weighted by atomic mass is 10.1. The molecule has 0 aromatic carbocycles. The van der Waals surface area contributed by atoms with Gasteiger partial charge in [-0.3, -0.25) is 9.67 Å². The van der Waals surface area contributed by atoms with Crippen molar-refractivity contribution in [3.63, 3.8) is 0 Å². The Hall–Kier alpha value is -1.75. The van der Waals surface area contributed by atoms with Crippen LogP contribution in [-0.4, -0.2) is 21.3 Å². The van der Waals surface area contributed by atoms with Crippen LogP contribution in [0.25, 0.3) is 0 Å². The van der Waals surface area contributed by atoms with Gasteiger partial charge in [-0.1, -0.05) is 0 Å². The van der Waals surface area contributed by atoms with E-state index in [2.05, 4.69) is 15.4 Å². The second-order valence-corrected chi connectivity index (χ2v) is 3.88. The van der Waals surface area contributed by atoms with Crippen LogP contribution in [0.15, 0.2) is 36.9 Å². The van der Waals surface area contributed by atoms with Crippen LogP contribution in [-0.2, 0) is 6.54 Å². The predicted molar refractivity (Wildman–Crippen MR) is 62.8 cm³/mol. The van der Waals surface area contributed by atoms with Crippen LogP contribution in [0, 0.1) is 5.82 Å². The Morgan fingerprint density at radius 2 is 2.35 bits per heavy atom. The van der Waals surface area contributed by atoms with Gasteiger partial charge in [0, 0.05) is 31.2 Å². The van der Waals surface area contributed by atoms with Gasteiger partial charge in [0.2, 0.25) is 0 Å². The molecule has 0 spiro atoms. The molecule has 17 heavy (non-hydrogen) atoms. The van der Waals surface area contributed by atoms with E-state index < -0.39 is 0 Å². The van der Waals surface area contributed by atoms with Gasteiger partial charge in [0.1, 0.15) is 5.82 Å². The highest BCUT2D eigenvalue weighted by Gasteiger charge is 2.05. The van der Waals surface area contributed by atoms with E-state index in [1.807, 2.05) is 23.9 Å². The lowest BCUT2D eigenvalue weighted by Crippen LogP contribution is -2.23. The molecule has 4 nitrogen and oxygen atoms in total. The molecule has 1 atom stereocenters. The average Bonchev–Trinajstić information content (AvgIpc) is 2.82. The summed E-state index contributed by atoms with van der Waals surface area (Å²) < 4.78 is 14.8. The Morgan fingerprint density at radius 3 is 3.06 bits per heavy atom. The van der Waals surface area contributed by atoms with Crippen molar-refractivity contribution in [1.29, 1.82) is 0 Å². The molecule has 0 saturated carbocycles. The Balaban J connectivity index is 1.83. The monoisotopic (exact) mass is 234 g/mol. The minimum atomic E-state index is -0.303. The molecule has 0 amide bonds. The summed E-state index contributed by atoms with van der Waals surface area (Å²) in [6.07, 6.45) is 6.55. The summed E-state index contributed by atoms with van der Waals surface area (Å²) in [6, 6.07) is 3.46. The molecule has 0 saturated heterocycles. The van der Waals surface area contributed by atoms with E-state index in [4.69, 9.17) is 0 Å². The number of nitrogens with one attached hydrogen (secondary N) is 1. The van der Waals surface area contributed by atoms with E-state index in [1.165, 1.54) is 12.3 Å². The molecule has 2 aromatic rings. The van der Waals surface area contributed by atoms with Gasteiger partial charge in [-0.2, -0.15) is 5.10 Å². The molecule has 0 bridgehead atoms. The second-order valence-electron chi connectivity index (χ2n) is 3.88. The number of pyridine rings is 1. The van der Waals surface area contributed by atoms with E-state index >= 15 is 0 Å². The molecule has 1 unspecified atom stereocenters. The molecule has 0 fully saturated rings. The first-order valence-corrected chi connectivity index (χ1v) is 5.57. The van der Waals surface area contributed by atoms with Crippen molar-refractivity contribution in [2.24, 2.45) is 0 Å². The molecule has 90 valence electrons. The van der Waals surface area contributed by atoms with E-state index in [1.54, 1.807) is 12.4 Å². The van der Waals surface area contributed by atoms with Gasteiger partial charge in [0.15, 0.2) is 0 Å². The molecule has 5 heteroatoms. The zero-order valence-corrected chi connectivity index (χ0v) is 9.68. The van der Waals surface area contributed by atoms with Crippen molar-refractivity contribution >= 4 is 0 Å². The summed E-state index contributed by atoms with van der Waals surface area (Å²) in [5.74, 6) is -0.303. The summed E-state index contributed by atoms with van der Waals surface area (Å²) in [4.78, 5) is 3.83. The fourth-order valence-electron chi connectivity index (χ4n) is 1.61. The van der Waals surface area contributed by atoms with Gasteiger partial charge in [-0.25, -0.2) is 4.39 Å². The second kappa shape index (κ2) is 5.54. The first kappa shape index (κ1) is 11.7. The quantitative estimate of drug-likeness (QED) is 0.857. The van der Waals surface area contributed by atoms with Crippen LogP contribution in [0.5, 0.6) is 0 Å². The Kier molecular flexibility index (Phi) is 3.82. The van der Waals surface area contributed by atoms with Crippen LogP contribution in [0.3, 0.4) is 0 Å². The van der Waals surface area contributed by atoms with Gasteiger partial charge in [0.25, 0.3) is 0 Å². The summed E-state index contributed by atoms with van der Waals surface area (Å²) >= 11 is 0. The molecule has 2 aromatic heterocycles. The molecular weight excluding hydrogens is 219 g/mol. The first-order chi connectivity index (χ1) is 8.25. The van der Waals surface area contributed by atoms with E-state index in [0.717, 1.165) is 18.7 Å². The number of nitrogens with zero attached hydrogens (tertiary/aromatic N) is 3. The number of rotatable bonds is 5. The molecule has 0 aliphatic heterocycles. The minimum Gasteiger partial charge on any atom is -0.308 e. The van der Waals surface area contributed by atoms with Crippen LogP contribution in [0.2, 0.25) is 0 Å². The third-order valence-corrected chi connectivity index (χ3v) is 2.58. The Morgan fingerprint density at radius 1 is 1.47 bits per heavy atom. The summed E-state index contributed by atoms with van der Waals surface area (Å²) in [5, 5.41) is 7.40. The fraction of sp³-hybridized carbons (Fsp3) is 0.333. The third-order valence-electron chi connectivity index (χ3n) is 2.58. The number of hydrogen-bond acceptors (Lipinski definition) is 3. The molecule has 0 radical (unpaired) electrons. The molecule has 0 aliphatic carbocycles. The largest absolute Gasteiger partial charge is 0.308 e. The van der Waals surface area contributed by atoms with Crippen LogP contribution in [0.1, 0.15) is 18.5 Å². The Labute approximate surface area is 99.5 Å². The lowest BCUT2D eigenvalue weighted by molar-refractivity contribution is 0.504. The normalized spacial score (nSPS) is 12.6. The summed E-state index contributed by atoms with van der Waals surface area (Å²) in [7, 11) is 0. The molecule has 2 heterocycles. The number of halogens is 1. The van der Waals surface area contributed by atoms with E-state index in [0.29, 0.717) is 0 Å². The number of aromatic nitrogens is 3. The van der Waals surface area contributed by atoms with Gasteiger partial charge in [0.05, 0.1) is 12.7 Å². The zero-order valence-electron chi connectivity index (χ0n) is 9.68. The maximum absolute atomic E-state index is 13.0. The smallest absolute Gasteiger partial charge is 0.141 e. The standard InChI is InChI=1S/C12H15FN4/c1-10(11-7-12(13)9-14-8-11)15-4-6-17-5-2-3-16-17/h2-3,5,7-10,15H,4,6H2,1H3. The predicted octanol–water partition coefficient (Wildman–Crippen LogP) is 1.77. The minimum absolute atomic E-state index is 0.0776. The van der Waals surface area contributed by atoms with Crippen molar-refractivity contribution in [2.75, 3.05) is 6.54 Å². The third kappa shape index (κ3) is 3.35. The fourth-order valence-corrected chi connectivity index (χ4v) is 1.61. The van der Waals surface area contributed by atoms with Gasteiger partial charge in [-0.15, -0.1) is 0 Å². The van der Waals surface area contributed by atoms with Crippen molar-refractivity contribution < 1.29 is 4.39 Å². The molecule has 2 rings (SSSR count). The summed E-state index contributed by atoms with van der Waals surface area (Å²) in [6.45, 7) is 3.55. The topological polar surface area (TPSA) is 42.7 Å². The SMILES string of the molecule is CC(NCCn1cccn1)c1cncc(F)c1. The van der Waals surface area contributed by atoms with E-state index in [9.17, 15) is 4.39 Å². The van der Waals surface area contributed by atoms with Gasteiger partial charge < -0.3 is 5.32 Å². The maximum atomic E-state index is 13.0. The molecule has 0 aliphatic rings. The Bertz CT molecular complexity index is 455. The average molecular weight is 234 g/mol. The van der Waals surface area contributed by atoms with Gasteiger partial charge in [-0.05, 0) is 24.6 Å². The van der Waals surface area contributed by atoms with E-state index in [-0.39, 0.29) is 11.9 Å². The summed E-state index contributed by atoms with van der Waals surface area (Å²) in [5.41, 5.74) is 0.852. The highest BCUT2D eigenvalue weighted by Crippen LogP contribution is 2.11. The molecule has 1 N–H and O–H groups in total. The van der Waals surface area contributed by atoms with Crippen molar-refractivity contribution in [2.45, 2.75) is 19.5 Å². The van der Waals surface area contributed by atoms with Gasteiger partial charge >= 0.3 is 0 Å². The zero-order chi connectivity index (χ0) is 12.1. The highest BCUT2D eigenvalue weighted by atomic mass is 19.1. The lowest BCUT2D eigenvalue weighted by Gasteiger charge is -2.13.